The van der Waals surface area contributed by atoms with Crippen molar-refractivity contribution in [3.63, 3.8) is 0 Å². The molecule has 1 atom stereocenters. The summed E-state index contributed by atoms with van der Waals surface area (Å²) in [7, 11) is 1.56. The van der Waals surface area contributed by atoms with E-state index in [1.165, 1.54) is 4.90 Å². The Balaban J connectivity index is 2.65. The van der Waals surface area contributed by atoms with E-state index in [2.05, 4.69) is 0 Å². The van der Waals surface area contributed by atoms with Crippen molar-refractivity contribution < 1.29 is 14.7 Å². The molecule has 0 saturated carbocycles. The van der Waals surface area contributed by atoms with Crippen LogP contribution in [0.15, 0.2) is 0 Å². The fourth-order valence-corrected chi connectivity index (χ4v) is 2.26. The maximum absolute atomic E-state index is 11.2. The molecule has 1 saturated heterocycles. The molecule has 0 unspecified atom stereocenters. The predicted octanol–water partition coefficient (Wildman–Crippen LogP) is 0.320. The Morgan fingerprint density at radius 2 is 2.42 bits per heavy atom. The number of hydrogen-bond acceptors (Lipinski definition) is 4. The van der Waals surface area contributed by atoms with Crippen molar-refractivity contribution in [3.8, 4) is 0 Å². The lowest BCUT2D eigenvalue weighted by molar-refractivity contribution is -0.139. The standard InChI is InChI=1S/C6H7NO3S2/c1-7-5(10)3(2-4(8)9)12-6(7)11/h3H,2H2,1H3,(H,8,9)/t3-/m0/s1. The number of carbonyl (C=O) groups excluding carboxylic acids is 1. The molecule has 0 aromatic heterocycles. The number of carbonyl (C=O) groups is 2. The second-order valence-corrected chi connectivity index (χ2v) is 4.20. The molecule has 0 bridgehead atoms. The van der Waals surface area contributed by atoms with Crippen molar-refractivity contribution in [1.29, 1.82) is 0 Å². The highest BCUT2D eigenvalue weighted by Crippen LogP contribution is 2.27. The largest absolute Gasteiger partial charge is 0.481 e. The van der Waals surface area contributed by atoms with Crippen molar-refractivity contribution in [2.45, 2.75) is 11.7 Å². The summed E-state index contributed by atoms with van der Waals surface area (Å²) in [6.07, 6.45) is -0.159. The molecule has 1 aliphatic heterocycles. The monoisotopic (exact) mass is 205 g/mol. The maximum atomic E-state index is 11.2. The number of hydrogen-bond donors (Lipinski definition) is 1. The Bertz CT molecular complexity index is 251. The molecule has 1 N–H and O–H groups in total. The molecule has 1 rings (SSSR count). The van der Waals surface area contributed by atoms with Gasteiger partial charge in [-0.05, 0) is 0 Å². The first-order valence-corrected chi connectivity index (χ1v) is 4.51. The van der Waals surface area contributed by atoms with E-state index in [9.17, 15) is 9.59 Å². The molecule has 0 aliphatic carbocycles. The third kappa shape index (κ3) is 1.75. The van der Waals surface area contributed by atoms with Crippen LogP contribution in [0.25, 0.3) is 0 Å². The van der Waals surface area contributed by atoms with Gasteiger partial charge in [-0.25, -0.2) is 0 Å². The van der Waals surface area contributed by atoms with Gasteiger partial charge in [0.15, 0.2) is 0 Å². The van der Waals surface area contributed by atoms with Gasteiger partial charge in [-0.2, -0.15) is 0 Å². The first kappa shape index (κ1) is 9.47. The minimum atomic E-state index is -0.973. The first-order valence-electron chi connectivity index (χ1n) is 3.22. The van der Waals surface area contributed by atoms with Gasteiger partial charge in [0.1, 0.15) is 9.57 Å². The molecule has 1 fully saturated rings. The molecular formula is C6H7NO3S2. The fraction of sp³-hybridized carbons (Fsp3) is 0.500. The Morgan fingerprint density at radius 1 is 1.83 bits per heavy atom. The van der Waals surface area contributed by atoms with Gasteiger partial charge in [0.25, 0.3) is 0 Å². The minimum Gasteiger partial charge on any atom is -0.481 e. The lowest BCUT2D eigenvalue weighted by Gasteiger charge is -2.05. The molecule has 66 valence electrons. The van der Waals surface area contributed by atoms with Gasteiger partial charge in [0.05, 0.1) is 6.42 Å². The number of thioether (sulfide) groups is 1. The molecule has 12 heavy (non-hydrogen) atoms. The van der Waals surface area contributed by atoms with Crippen LogP contribution in [-0.2, 0) is 9.59 Å². The summed E-state index contributed by atoms with van der Waals surface area (Å²) in [4.78, 5) is 22.8. The number of carboxylic acids is 1. The lowest BCUT2D eigenvalue weighted by Crippen LogP contribution is -2.28. The van der Waals surface area contributed by atoms with Crippen molar-refractivity contribution >= 4 is 40.2 Å². The summed E-state index contributed by atoms with van der Waals surface area (Å²) in [5.74, 6) is -1.19. The summed E-state index contributed by atoms with van der Waals surface area (Å²) in [6.45, 7) is 0. The van der Waals surface area contributed by atoms with E-state index in [-0.39, 0.29) is 12.3 Å². The van der Waals surface area contributed by atoms with Crippen LogP contribution in [0.4, 0.5) is 0 Å². The van der Waals surface area contributed by atoms with Crippen molar-refractivity contribution in [1.82, 2.24) is 4.90 Å². The Morgan fingerprint density at radius 3 is 2.75 bits per heavy atom. The zero-order chi connectivity index (χ0) is 9.30. The number of aliphatic carboxylic acids is 1. The van der Waals surface area contributed by atoms with E-state index in [1.54, 1.807) is 7.05 Å². The maximum Gasteiger partial charge on any atom is 0.305 e. The number of rotatable bonds is 2. The van der Waals surface area contributed by atoms with E-state index < -0.39 is 11.2 Å². The molecular weight excluding hydrogens is 198 g/mol. The topological polar surface area (TPSA) is 57.6 Å². The van der Waals surface area contributed by atoms with Crippen LogP contribution in [0.1, 0.15) is 6.42 Å². The molecule has 0 radical (unpaired) electrons. The van der Waals surface area contributed by atoms with Crippen LogP contribution in [-0.4, -0.2) is 38.5 Å². The normalized spacial score (nSPS) is 23.4. The van der Waals surface area contributed by atoms with Crippen molar-refractivity contribution in [2.24, 2.45) is 0 Å². The van der Waals surface area contributed by atoms with Crippen LogP contribution in [0.2, 0.25) is 0 Å². The van der Waals surface area contributed by atoms with E-state index in [1.807, 2.05) is 0 Å². The summed E-state index contributed by atoms with van der Waals surface area (Å²) >= 11 is 5.96. The highest BCUT2D eigenvalue weighted by Gasteiger charge is 2.35. The average molecular weight is 205 g/mol. The van der Waals surface area contributed by atoms with Gasteiger partial charge in [0, 0.05) is 7.05 Å². The molecule has 6 heteroatoms. The van der Waals surface area contributed by atoms with E-state index in [4.69, 9.17) is 17.3 Å². The van der Waals surface area contributed by atoms with Crippen LogP contribution < -0.4 is 0 Å². The van der Waals surface area contributed by atoms with Crippen LogP contribution in [0.3, 0.4) is 0 Å². The quantitative estimate of drug-likeness (QED) is 0.658. The van der Waals surface area contributed by atoms with Gasteiger partial charge in [-0.1, -0.05) is 24.0 Å². The molecule has 0 aromatic rings. The van der Waals surface area contributed by atoms with Crippen LogP contribution in [0.5, 0.6) is 0 Å². The van der Waals surface area contributed by atoms with Crippen molar-refractivity contribution in [2.75, 3.05) is 7.05 Å². The SMILES string of the molecule is CN1C(=O)[C@H](CC(=O)O)SC1=S. The van der Waals surface area contributed by atoms with E-state index >= 15 is 0 Å². The lowest BCUT2D eigenvalue weighted by atomic mass is 10.3. The van der Waals surface area contributed by atoms with Gasteiger partial charge in [-0.3, -0.25) is 14.5 Å². The third-order valence-electron chi connectivity index (χ3n) is 1.48. The van der Waals surface area contributed by atoms with Gasteiger partial charge in [0.2, 0.25) is 5.91 Å². The summed E-state index contributed by atoms with van der Waals surface area (Å²) in [5.41, 5.74) is 0. The summed E-state index contributed by atoms with van der Waals surface area (Å²) in [5, 5.41) is 7.91. The number of nitrogens with zero attached hydrogens (tertiary/aromatic N) is 1. The molecule has 1 amide bonds. The zero-order valence-corrected chi connectivity index (χ0v) is 7.94. The first-order chi connectivity index (χ1) is 5.52. The average Bonchev–Trinajstić information content (AvgIpc) is 2.17. The predicted molar refractivity (Wildman–Crippen MR) is 49.0 cm³/mol. The van der Waals surface area contributed by atoms with Gasteiger partial charge in [-0.15, -0.1) is 0 Å². The zero-order valence-electron chi connectivity index (χ0n) is 6.31. The van der Waals surface area contributed by atoms with E-state index in [0.29, 0.717) is 4.32 Å². The minimum absolute atomic E-state index is 0.159. The molecule has 1 aliphatic rings. The third-order valence-corrected chi connectivity index (χ3v) is 3.17. The molecule has 4 nitrogen and oxygen atoms in total. The second kappa shape index (κ2) is 3.40. The smallest absolute Gasteiger partial charge is 0.305 e. The Hall–Kier alpha value is -0.620. The van der Waals surface area contributed by atoms with Gasteiger partial charge < -0.3 is 5.11 Å². The van der Waals surface area contributed by atoms with Gasteiger partial charge >= 0.3 is 5.97 Å². The summed E-state index contributed by atoms with van der Waals surface area (Å²) in [6, 6.07) is 0. The van der Waals surface area contributed by atoms with E-state index in [0.717, 1.165) is 11.8 Å². The number of thiocarbonyl (C=S) groups is 1. The highest BCUT2D eigenvalue weighted by molar-refractivity contribution is 8.24. The van der Waals surface area contributed by atoms with Crippen molar-refractivity contribution in [3.05, 3.63) is 0 Å². The number of amides is 1. The number of carboxylic acid groups (broad SMARTS) is 1. The van der Waals surface area contributed by atoms with Crippen LogP contribution >= 0.6 is 24.0 Å². The fourth-order valence-electron chi connectivity index (χ4n) is 0.845. The molecule has 0 aromatic carbocycles. The second-order valence-electron chi connectivity index (χ2n) is 2.37. The molecule has 1 heterocycles. The Kier molecular flexibility index (Phi) is 2.69. The van der Waals surface area contributed by atoms with Crippen LogP contribution in [0, 0.1) is 0 Å². The Labute approximate surface area is 78.9 Å². The molecule has 0 spiro atoms. The highest BCUT2D eigenvalue weighted by atomic mass is 32.2. The summed E-state index contributed by atoms with van der Waals surface area (Å²) < 4.78 is 0.450.